The maximum atomic E-state index is 12.0. The van der Waals surface area contributed by atoms with Crippen molar-refractivity contribution in [3.8, 4) is 0 Å². The standard InChI is InChI=1S/C25H23NO4/c27-22(15-26-25(29)30-16-17-8-2-1-3-9-17)24(28)23-20-12-6-4-10-18(20)14-19-11-5-7-13-21(19)23/h1-14,22,24,27-28H,15-16H2,(H,26,29). The zero-order valence-corrected chi connectivity index (χ0v) is 16.4. The molecule has 3 N–H and O–H groups in total. The molecule has 0 fully saturated rings. The molecule has 0 aliphatic carbocycles. The average molecular weight is 401 g/mol. The lowest BCUT2D eigenvalue weighted by atomic mass is 9.91. The number of benzene rings is 4. The minimum absolute atomic E-state index is 0.133. The van der Waals surface area contributed by atoms with Gasteiger partial charge >= 0.3 is 6.09 Å². The highest BCUT2D eigenvalue weighted by molar-refractivity contribution is 6.02. The molecule has 5 heteroatoms. The van der Waals surface area contributed by atoms with E-state index in [9.17, 15) is 15.0 Å². The van der Waals surface area contributed by atoms with Crippen LogP contribution in [0.1, 0.15) is 17.2 Å². The van der Waals surface area contributed by atoms with Gasteiger partial charge in [-0.1, -0.05) is 78.9 Å². The molecule has 1 amide bonds. The summed E-state index contributed by atoms with van der Waals surface area (Å²) in [5, 5.41) is 27.8. The number of alkyl carbamates (subject to hydrolysis) is 1. The van der Waals surface area contributed by atoms with E-state index in [1.54, 1.807) is 0 Å². The van der Waals surface area contributed by atoms with Crippen LogP contribution in [0, 0.1) is 0 Å². The van der Waals surface area contributed by atoms with E-state index in [-0.39, 0.29) is 13.2 Å². The number of carbonyl (C=O) groups is 1. The Morgan fingerprint density at radius 3 is 2.03 bits per heavy atom. The third-order valence-electron chi connectivity index (χ3n) is 5.14. The van der Waals surface area contributed by atoms with Crippen molar-refractivity contribution in [3.63, 3.8) is 0 Å². The Hall–Kier alpha value is -3.41. The summed E-state index contributed by atoms with van der Waals surface area (Å²) in [6.07, 6.45) is -3.01. The van der Waals surface area contributed by atoms with Gasteiger partial charge in [-0.3, -0.25) is 0 Å². The second-order valence-corrected chi connectivity index (χ2v) is 7.19. The zero-order valence-electron chi connectivity index (χ0n) is 16.4. The van der Waals surface area contributed by atoms with Crippen molar-refractivity contribution < 1.29 is 19.7 Å². The first-order valence-corrected chi connectivity index (χ1v) is 9.84. The van der Waals surface area contributed by atoms with E-state index in [0.717, 1.165) is 27.1 Å². The second-order valence-electron chi connectivity index (χ2n) is 7.19. The van der Waals surface area contributed by atoms with Gasteiger partial charge in [0.1, 0.15) is 18.8 Å². The molecule has 30 heavy (non-hydrogen) atoms. The first-order valence-electron chi connectivity index (χ1n) is 9.84. The van der Waals surface area contributed by atoms with Crippen LogP contribution in [-0.2, 0) is 11.3 Å². The molecule has 2 unspecified atom stereocenters. The Morgan fingerprint density at radius 2 is 1.40 bits per heavy atom. The number of nitrogens with one attached hydrogen (secondary N) is 1. The number of hydrogen-bond donors (Lipinski definition) is 3. The van der Waals surface area contributed by atoms with Crippen LogP contribution >= 0.6 is 0 Å². The van der Waals surface area contributed by atoms with Gasteiger partial charge in [0, 0.05) is 6.54 Å². The number of hydrogen-bond acceptors (Lipinski definition) is 4. The monoisotopic (exact) mass is 401 g/mol. The highest BCUT2D eigenvalue weighted by Gasteiger charge is 2.23. The Labute approximate surface area is 174 Å². The number of aliphatic hydroxyl groups is 2. The highest BCUT2D eigenvalue weighted by Crippen LogP contribution is 2.34. The normalized spacial score (nSPS) is 13.1. The summed E-state index contributed by atoms with van der Waals surface area (Å²) in [6.45, 7) is 0.00558. The molecule has 4 rings (SSSR count). The van der Waals surface area contributed by atoms with Gasteiger partial charge in [-0.05, 0) is 38.7 Å². The Morgan fingerprint density at radius 1 is 0.833 bits per heavy atom. The van der Waals surface area contributed by atoms with Crippen molar-refractivity contribution in [2.75, 3.05) is 6.54 Å². The van der Waals surface area contributed by atoms with Gasteiger partial charge in [-0.2, -0.15) is 0 Å². The summed E-state index contributed by atoms with van der Waals surface area (Å²) in [4.78, 5) is 12.0. The largest absolute Gasteiger partial charge is 0.445 e. The van der Waals surface area contributed by atoms with Crippen molar-refractivity contribution >= 4 is 27.6 Å². The van der Waals surface area contributed by atoms with Crippen molar-refractivity contribution in [3.05, 3.63) is 96.1 Å². The molecule has 0 saturated heterocycles. The second kappa shape index (κ2) is 8.95. The molecule has 4 aromatic carbocycles. The van der Waals surface area contributed by atoms with Gasteiger partial charge in [0.05, 0.1) is 0 Å². The fraction of sp³-hybridized carbons (Fsp3) is 0.160. The van der Waals surface area contributed by atoms with Crippen LogP contribution in [0.15, 0.2) is 84.9 Å². The summed E-state index contributed by atoms with van der Waals surface area (Å²) in [5.41, 5.74) is 1.52. The van der Waals surface area contributed by atoms with Gasteiger partial charge in [-0.25, -0.2) is 4.79 Å². The van der Waals surface area contributed by atoms with Crippen molar-refractivity contribution in [1.82, 2.24) is 5.32 Å². The van der Waals surface area contributed by atoms with E-state index in [1.807, 2.05) is 78.9 Å². The molecule has 0 heterocycles. The molecule has 0 aliphatic heterocycles. The quantitative estimate of drug-likeness (QED) is 0.421. The molecule has 2 atom stereocenters. The molecule has 0 radical (unpaired) electrons. The summed E-state index contributed by atoms with van der Waals surface area (Å²) >= 11 is 0. The minimum atomic E-state index is -1.19. The Kier molecular flexibility index (Phi) is 5.93. The van der Waals surface area contributed by atoms with Crippen LogP contribution in [0.2, 0.25) is 0 Å². The van der Waals surface area contributed by atoms with Crippen LogP contribution in [-0.4, -0.2) is 29.0 Å². The predicted octanol–water partition coefficient (Wildman–Crippen LogP) is 4.31. The van der Waals surface area contributed by atoms with Crippen LogP contribution in [0.25, 0.3) is 21.5 Å². The van der Waals surface area contributed by atoms with Crippen LogP contribution in [0.5, 0.6) is 0 Å². The SMILES string of the molecule is O=C(NCC(O)C(O)c1c2ccccc2cc2ccccc12)OCc1ccccc1. The van der Waals surface area contributed by atoms with Crippen molar-refractivity contribution in [1.29, 1.82) is 0 Å². The maximum absolute atomic E-state index is 12.0. The van der Waals surface area contributed by atoms with E-state index in [0.29, 0.717) is 5.56 Å². The number of fused-ring (bicyclic) bond motifs is 2. The first kappa shape index (κ1) is 19.9. The van der Waals surface area contributed by atoms with Gasteiger partial charge in [0.2, 0.25) is 0 Å². The highest BCUT2D eigenvalue weighted by atomic mass is 16.5. The molecule has 0 aliphatic rings. The van der Waals surface area contributed by atoms with Gasteiger partial charge in [0.15, 0.2) is 0 Å². The molecule has 0 saturated carbocycles. The number of aliphatic hydroxyl groups excluding tert-OH is 2. The number of rotatable bonds is 6. The lowest BCUT2D eigenvalue weighted by Gasteiger charge is -2.22. The Balaban J connectivity index is 1.49. The fourth-order valence-electron chi connectivity index (χ4n) is 3.63. The zero-order chi connectivity index (χ0) is 20.9. The lowest BCUT2D eigenvalue weighted by molar-refractivity contribution is 0.0200. The van der Waals surface area contributed by atoms with E-state index >= 15 is 0 Å². The number of amides is 1. The van der Waals surface area contributed by atoms with Gasteiger partial charge in [0.25, 0.3) is 0 Å². The van der Waals surface area contributed by atoms with Gasteiger partial charge < -0.3 is 20.3 Å². The summed E-state index contributed by atoms with van der Waals surface area (Å²) in [6, 6.07) is 26.9. The lowest BCUT2D eigenvalue weighted by Crippen LogP contribution is -2.35. The summed E-state index contributed by atoms with van der Waals surface area (Å²) in [7, 11) is 0. The molecule has 0 bridgehead atoms. The van der Waals surface area contributed by atoms with Crippen LogP contribution < -0.4 is 5.32 Å². The third kappa shape index (κ3) is 4.27. The molecule has 152 valence electrons. The maximum Gasteiger partial charge on any atom is 0.407 e. The first-order chi connectivity index (χ1) is 14.6. The number of carbonyl (C=O) groups excluding carboxylic acids is 1. The molecule has 4 aromatic rings. The van der Waals surface area contributed by atoms with E-state index in [2.05, 4.69) is 11.4 Å². The van der Waals surface area contributed by atoms with Gasteiger partial charge in [-0.15, -0.1) is 0 Å². The molecule has 0 aromatic heterocycles. The van der Waals surface area contributed by atoms with Crippen LogP contribution in [0.4, 0.5) is 4.79 Å². The van der Waals surface area contributed by atoms with Crippen molar-refractivity contribution in [2.45, 2.75) is 18.8 Å². The van der Waals surface area contributed by atoms with Crippen molar-refractivity contribution in [2.24, 2.45) is 0 Å². The summed E-state index contributed by atoms with van der Waals surface area (Å²) in [5.74, 6) is 0. The topological polar surface area (TPSA) is 78.8 Å². The molecule has 0 spiro atoms. The Bertz CT molecular complexity index is 1110. The van der Waals surface area contributed by atoms with E-state index in [1.165, 1.54) is 0 Å². The van der Waals surface area contributed by atoms with Crippen LogP contribution in [0.3, 0.4) is 0 Å². The predicted molar refractivity (Wildman–Crippen MR) is 117 cm³/mol. The summed E-state index contributed by atoms with van der Waals surface area (Å²) < 4.78 is 5.16. The van der Waals surface area contributed by atoms with E-state index in [4.69, 9.17) is 4.74 Å². The fourth-order valence-corrected chi connectivity index (χ4v) is 3.63. The van der Waals surface area contributed by atoms with E-state index < -0.39 is 18.3 Å². The molecule has 5 nitrogen and oxygen atoms in total. The third-order valence-corrected chi connectivity index (χ3v) is 5.14. The molecular formula is C25H23NO4. The number of ether oxygens (including phenoxy) is 1. The smallest absolute Gasteiger partial charge is 0.407 e. The molecular weight excluding hydrogens is 378 g/mol. The minimum Gasteiger partial charge on any atom is -0.445 e. The average Bonchev–Trinajstić information content (AvgIpc) is 2.79.